The topological polar surface area (TPSA) is 43.8 Å². The molecule has 2 N–H and O–H groups in total. The Kier molecular flexibility index (Phi) is 4.10. The van der Waals surface area contributed by atoms with Crippen LogP contribution in [-0.4, -0.2) is 15.8 Å². The summed E-state index contributed by atoms with van der Waals surface area (Å²) in [4.78, 5) is 0. The molecular formula is C14H18FN3. The lowest BCUT2D eigenvalue weighted by Gasteiger charge is -2.10. The number of aromatic nitrogens is 2. The van der Waals surface area contributed by atoms with Crippen molar-refractivity contribution in [3.05, 3.63) is 53.6 Å². The van der Waals surface area contributed by atoms with Crippen molar-refractivity contribution >= 4 is 0 Å². The van der Waals surface area contributed by atoms with Crippen LogP contribution in [0.4, 0.5) is 4.39 Å². The van der Waals surface area contributed by atoms with E-state index in [-0.39, 0.29) is 11.9 Å². The van der Waals surface area contributed by atoms with Gasteiger partial charge in [-0.25, -0.2) is 4.39 Å². The van der Waals surface area contributed by atoms with Gasteiger partial charge in [-0.05, 0) is 37.0 Å². The third kappa shape index (κ3) is 3.17. The Morgan fingerprint density at radius 3 is 2.78 bits per heavy atom. The van der Waals surface area contributed by atoms with Crippen LogP contribution in [0.3, 0.4) is 0 Å². The van der Waals surface area contributed by atoms with E-state index >= 15 is 0 Å². The zero-order chi connectivity index (χ0) is 13.0. The van der Waals surface area contributed by atoms with Crippen molar-refractivity contribution in [3.63, 3.8) is 0 Å². The fourth-order valence-electron chi connectivity index (χ4n) is 2.01. The second-order valence-electron chi connectivity index (χ2n) is 4.46. The predicted octanol–water partition coefficient (Wildman–Crippen LogP) is 2.15. The Morgan fingerprint density at radius 2 is 2.11 bits per heavy atom. The molecule has 0 bridgehead atoms. The average molecular weight is 247 g/mol. The minimum atomic E-state index is -0.183. The van der Waals surface area contributed by atoms with Crippen LogP contribution in [0.25, 0.3) is 0 Å². The zero-order valence-electron chi connectivity index (χ0n) is 10.5. The molecule has 0 aliphatic rings. The highest BCUT2D eigenvalue weighted by Crippen LogP contribution is 2.11. The van der Waals surface area contributed by atoms with Gasteiger partial charge in [-0.15, -0.1) is 0 Å². The maximum Gasteiger partial charge on any atom is 0.126 e. The third-order valence-corrected chi connectivity index (χ3v) is 2.95. The van der Waals surface area contributed by atoms with Crippen LogP contribution in [0.15, 0.2) is 36.7 Å². The molecule has 0 amide bonds. The van der Waals surface area contributed by atoms with Gasteiger partial charge in [0.15, 0.2) is 0 Å². The molecule has 0 aliphatic carbocycles. The van der Waals surface area contributed by atoms with Gasteiger partial charge in [0.05, 0.1) is 6.20 Å². The first-order chi connectivity index (χ1) is 8.69. The van der Waals surface area contributed by atoms with Crippen molar-refractivity contribution in [1.82, 2.24) is 9.78 Å². The minimum absolute atomic E-state index is 0.0867. The van der Waals surface area contributed by atoms with Gasteiger partial charge in [0.25, 0.3) is 0 Å². The van der Waals surface area contributed by atoms with Crippen LogP contribution in [0.5, 0.6) is 0 Å². The number of aryl methyl sites for hydroxylation is 1. The molecule has 2 rings (SSSR count). The van der Waals surface area contributed by atoms with E-state index in [1.54, 1.807) is 12.1 Å². The highest BCUT2D eigenvalue weighted by Gasteiger charge is 2.09. The lowest BCUT2D eigenvalue weighted by molar-refractivity contribution is 0.583. The summed E-state index contributed by atoms with van der Waals surface area (Å²) in [5.74, 6) is -0.183. The highest BCUT2D eigenvalue weighted by atomic mass is 19.1. The van der Waals surface area contributed by atoms with Gasteiger partial charge >= 0.3 is 0 Å². The minimum Gasteiger partial charge on any atom is -0.327 e. The largest absolute Gasteiger partial charge is 0.327 e. The Labute approximate surface area is 106 Å². The molecule has 0 saturated heterocycles. The Hall–Kier alpha value is -1.68. The third-order valence-electron chi connectivity index (χ3n) is 2.95. The van der Waals surface area contributed by atoms with E-state index in [0.717, 1.165) is 12.1 Å². The van der Waals surface area contributed by atoms with Crippen LogP contribution in [0.1, 0.15) is 18.1 Å². The molecule has 0 fully saturated rings. The van der Waals surface area contributed by atoms with Gasteiger partial charge in [-0.1, -0.05) is 18.2 Å². The molecule has 0 saturated carbocycles. The first kappa shape index (κ1) is 12.8. The maximum atomic E-state index is 13.5. The summed E-state index contributed by atoms with van der Waals surface area (Å²) in [7, 11) is 0. The quantitative estimate of drug-likeness (QED) is 0.879. The number of hydrogen-bond acceptors (Lipinski definition) is 2. The van der Waals surface area contributed by atoms with Crippen molar-refractivity contribution in [2.75, 3.05) is 0 Å². The molecule has 1 atom stereocenters. The zero-order valence-corrected chi connectivity index (χ0v) is 10.5. The summed E-state index contributed by atoms with van der Waals surface area (Å²) >= 11 is 0. The summed E-state index contributed by atoms with van der Waals surface area (Å²) in [6, 6.07) is 6.69. The van der Waals surface area contributed by atoms with E-state index in [2.05, 4.69) is 5.10 Å². The van der Waals surface area contributed by atoms with E-state index in [1.165, 1.54) is 6.07 Å². The van der Waals surface area contributed by atoms with Crippen LogP contribution in [0.2, 0.25) is 0 Å². The van der Waals surface area contributed by atoms with Crippen LogP contribution in [0, 0.1) is 5.82 Å². The summed E-state index contributed by atoms with van der Waals surface area (Å²) < 4.78 is 15.3. The lowest BCUT2D eigenvalue weighted by Crippen LogP contribution is -2.25. The molecule has 96 valence electrons. The van der Waals surface area contributed by atoms with E-state index in [0.29, 0.717) is 18.4 Å². The van der Waals surface area contributed by atoms with Gasteiger partial charge in [0, 0.05) is 18.8 Å². The Morgan fingerprint density at radius 1 is 1.33 bits per heavy atom. The van der Waals surface area contributed by atoms with Gasteiger partial charge in [-0.3, -0.25) is 4.68 Å². The normalized spacial score (nSPS) is 12.6. The van der Waals surface area contributed by atoms with Crippen molar-refractivity contribution in [3.8, 4) is 0 Å². The van der Waals surface area contributed by atoms with E-state index in [1.807, 2.05) is 30.1 Å². The van der Waals surface area contributed by atoms with E-state index in [9.17, 15) is 4.39 Å². The molecule has 18 heavy (non-hydrogen) atoms. The van der Waals surface area contributed by atoms with Gasteiger partial charge in [0.2, 0.25) is 0 Å². The molecular weight excluding hydrogens is 229 g/mol. The van der Waals surface area contributed by atoms with Gasteiger partial charge < -0.3 is 5.73 Å². The van der Waals surface area contributed by atoms with Gasteiger partial charge in [0.1, 0.15) is 5.82 Å². The van der Waals surface area contributed by atoms with Crippen molar-refractivity contribution in [2.45, 2.75) is 32.4 Å². The van der Waals surface area contributed by atoms with Gasteiger partial charge in [-0.2, -0.15) is 5.10 Å². The molecule has 4 heteroatoms. The van der Waals surface area contributed by atoms with Crippen LogP contribution < -0.4 is 5.73 Å². The summed E-state index contributed by atoms with van der Waals surface area (Å²) in [6.45, 7) is 2.89. The average Bonchev–Trinajstić information content (AvgIpc) is 2.80. The van der Waals surface area contributed by atoms with Crippen molar-refractivity contribution in [2.24, 2.45) is 5.73 Å². The lowest BCUT2D eigenvalue weighted by atomic mass is 10.0. The SMILES string of the molecule is CCn1cc(CC(N)Cc2ccccc2F)cn1. The predicted molar refractivity (Wildman–Crippen MR) is 69.7 cm³/mol. The second-order valence-corrected chi connectivity index (χ2v) is 4.46. The molecule has 3 nitrogen and oxygen atoms in total. The molecule has 1 heterocycles. The standard InChI is InChI=1S/C14H18FN3/c1-2-18-10-11(9-17-18)7-13(16)8-12-5-3-4-6-14(12)15/h3-6,9-10,13H,2,7-8,16H2,1H3. The second kappa shape index (κ2) is 5.78. The maximum absolute atomic E-state index is 13.5. The summed E-state index contributed by atoms with van der Waals surface area (Å²) in [5.41, 5.74) is 7.83. The van der Waals surface area contributed by atoms with Crippen molar-refractivity contribution < 1.29 is 4.39 Å². The number of nitrogens with zero attached hydrogens (tertiary/aromatic N) is 2. The monoisotopic (exact) mass is 247 g/mol. The first-order valence-electron chi connectivity index (χ1n) is 6.19. The number of nitrogens with two attached hydrogens (primary N) is 1. The fourth-order valence-corrected chi connectivity index (χ4v) is 2.01. The molecule has 1 aromatic carbocycles. The number of rotatable bonds is 5. The molecule has 1 unspecified atom stereocenters. The highest BCUT2D eigenvalue weighted by molar-refractivity contribution is 5.19. The fraction of sp³-hybridized carbons (Fsp3) is 0.357. The molecule has 0 spiro atoms. The number of hydrogen-bond donors (Lipinski definition) is 1. The Bertz CT molecular complexity index is 507. The molecule has 0 aliphatic heterocycles. The summed E-state index contributed by atoms with van der Waals surface area (Å²) in [5, 5.41) is 4.20. The molecule has 1 aromatic heterocycles. The number of halogens is 1. The molecule has 2 aromatic rings. The van der Waals surface area contributed by atoms with E-state index in [4.69, 9.17) is 5.73 Å². The number of benzene rings is 1. The van der Waals surface area contributed by atoms with Crippen molar-refractivity contribution in [1.29, 1.82) is 0 Å². The smallest absolute Gasteiger partial charge is 0.126 e. The molecule has 0 radical (unpaired) electrons. The van der Waals surface area contributed by atoms with Crippen LogP contribution >= 0.6 is 0 Å². The van der Waals surface area contributed by atoms with E-state index < -0.39 is 0 Å². The summed E-state index contributed by atoms with van der Waals surface area (Å²) in [6.07, 6.45) is 5.07. The Balaban J connectivity index is 1.96. The van der Waals surface area contributed by atoms with Crippen LogP contribution in [-0.2, 0) is 19.4 Å². The first-order valence-corrected chi connectivity index (χ1v) is 6.19.